The molecule has 0 saturated heterocycles. The Kier molecular flexibility index (Phi) is 4.89. The smallest absolute Gasteiger partial charge is 0.0321 e. The van der Waals surface area contributed by atoms with Crippen molar-refractivity contribution in [3.8, 4) is 11.1 Å². The minimum Gasteiger partial charge on any atom is -0.400 e. The van der Waals surface area contributed by atoms with E-state index >= 15 is 0 Å². The van der Waals surface area contributed by atoms with Crippen LogP contribution in [0.3, 0.4) is 0 Å². The van der Waals surface area contributed by atoms with E-state index in [1.54, 1.807) is 0 Å². The molecule has 0 aliphatic carbocycles. The number of aliphatic hydroxyl groups is 1. The third kappa shape index (κ3) is 3.02. The van der Waals surface area contributed by atoms with Gasteiger partial charge in [0, 0.05) is 17.7 Å². The van der Waals surface area contributed by atoms with Gasteiger partial charge >= 0.3 is 0 Å². The second-order valence-electron chi connectivity index (χ2n) is 3.14. The van der Waals surface area contributed by atoms with Crippen LogP contribution in [0.15, 0.2) is 53.4 Å². The molecule has 0 radical (unpaired) electrons. The predicted molar refractivity (Wildman–Crippen MR) is 71.7 cm³/mol. The Morgan fingerprint density at radius 2 is 1.62 bits per heavy atom. The number of thiol groups is 1. The second kappa shape index (κ2) is 6.20. The van der Waals surface area contributed by atoms with Gasteiger partial charge in [-0.25, -0.2) is 0 Å². The Labute approximate surface area is 101 Å². The van der Waals surface area contributed by atoms with E-state index < -0.39 is 0 Å². The Bertz CT molecular complexity index is 443. The lowest BCUT2D eigenvalue weighted by molar-refractivity contribution is 0.399. The normalized spacial score (nSPS) is 9.19. The molecule has 0 heterocycles. The van der Waals surface area contributed by atoms with Crippen LogP contribution < -0.4 is 5.73 Å². The molecule has 3 N–H and O–H groups in total. The van der Waals surface area contributed by atoms with Crippen LogP contribution in [0.4, 0.5) is 5.69 Å². The van der Waals surface area contributed by atoms with E-state index in [4.69, 9.17) is 10.8 Å². The molecule has 0 atom stereocenters. The fourth-order valence-electron chi connectivity index (χ4n) is 1.40. The van der Waals surface area contributed by atoms with Gasteiger partial charge in [-0.3, -0.25) is 0 Å². The van der Waals surface area contributed by atoms with Gasteiger partial charge in [0.25, 0.3) is 0 Å². The summed E-state index contributed by atoms with van der Waals surface area (Å²) in [4.78, 5) is 0.949. The van der Waals surface area contributed by atoms with Gasteiger partial charge in [0.1, 0.15) is 0 Å². The van der Waals surface area contributed by atoms with Crippen molar-refractivity contribution in [2.24, 2.45) is 0 Å². The molecule has 2 nitrogen and oxygen atoms in total. The molecule has 3 heteroatoms. The fraction of sp³-hybridized carbons (Fsp3) is 0.0769. The monoisotopic (exact) mass is 233 g/mol. The molecule has 0 fully saturated rings. The topological polar surface area (TPSA) is 46.2 Å². The molecule has 0 saturated carbocycles. The number of rotatable bonds is 1. The van der Waals surface area contributed by atoms with E-state index in [0.29, 0.717) is 0 Å². The molecular formula is C13H15NOS. The highest BCUT2D eigenvalue weighted by molar-refractivity contribution is 7.80. The summed E-state index contributed by atoms with van der Waals surface area (Å²) in [7, 11) is 1.00. The first kappa shape index (κ1) is 12.6. The summed E-state index contributed by atoms with van der Waals surface area (Å²) in [5.74, 6) is 0. The molecule has 0 amide bonds. The molecule has 0 aliphatic heterocycles. The van der Waals surface area contributed by atoms with Gasteiger partial charge in [-0.05, 0) is 29.3 Å². The molecule has 84 valence electrons. The van der Waals surface area contributed by atoms with Crippen molar-refractivity contribution in [2.75, 3.05) is 12.8 Å². The van der Waals surface area contributed by atoms with Crippen LogP contribution in [0, 0.1) is 0 Å². The molecule has 0 aliphatic rings. The third-order valence-corrected chi connectivity index (χ3v) is 2.50. The van der Waals surface area contributed by atoms with Crippen molar-refractivity contribution in [1.82, 2.24) is 0 Å². The SMILES string of the molecule is CO.Nc1ccc(S)c(-c2ccccc2)c1. The minimum absolute atomic E-state index is 0.765. The number of nitrogen functional groups attached to an aromatic ring is 1. The van der Waals surface area contributed by atoms with Gasteiger partial charge < -0.3 is 10.8 Å². The lowest BCUT2D eigenvalue weighted by Crippen LogP contribution is -1.86. The number of nitrogens with two attached hydrogens (primary N) is 1. The van der Waals surface area contributed by atoms with Crippen LogP contribution in [0.1, 0.15) is 0 Å². The molecule has 0 aromatic heterocycles. The van der Waals surface area contributed by atoms with Crippen LogP contribution in [0.5, 0.6) is 0 Å². The quantitative estimate of drug-likeness (QED) is 0.524. The highest BCUT2D eigenvalue weighted by atomic mass is 32.1. The second-order valence-corrected chi connectivity index (χ2v) is 3.62. The van der Waals surface area contributed by atoms with Gasteiger partial charge in [0.05, 0.1) is 0 Å². The van der Waals surface area contributed by atoms with E-state index in [1.165, 1.54) is 0 Å². The standard InChI is InChI=1S/C12H11NS.CH4O/c13-10-6-7-12(14)11(8-10)9-4-2-1-3-5-9;1-2/h1-8,14H,13H2;2H,1H3. The minimum atomic E-state index is 0.765. The van der Waals surface area contributed by atoms with Crippen molar-refractivity contribution in [1.29, 1.82) is 0 Å². The van der Waals surface area contributed by atoms with Crippen molar-refractivity contribution >= 4 is 18.3 Å². The van der Waals surface area contributed by atoms with Crippen molar-refractivity contribution < 1.29 is 5.11 Å². The summed E-state index contributed by atoms with van der Waals surface area (Å²) < 4.78 is 0. The van der Waals surface area contributed by atoms with Gasteiger partial charge in [-0.1, -0.05) is 30.3 Å². The van der Waals surface area contributed by atoms with Gasteiger partial charge in [0.15, 0.2) is 0 Å². The molecule has 16 heavy (non-hydrogen) atoms. The number of benzene rings is 2. The molecule has 0 spiro atoms. The first-order chi connectivity index (χ1) is 7.77. The van der Waals surface area contributed by atoms with Crippen LogP contribution >= 0.6 is 12.6 Å². The van der Waals surface area contributed by atoms with E-state index in [-0.39, 0.29) is 0 Å². The molecule has 0 unspecified atom stereocenters. The fourth-order valence-corrected chi connectivity index (χ4v) is 1.67. The van der Waals surface area contributed by atoms with E-state index in [9.17, 15) is 0 Å². The number of hydrogen-bond donors (Lipinski definition) is 3. The molecule has 2 rings (SSSR count). The van der Waals surface area contributed by atoms with Crippen molar-refractivity contribution in [2.45, 2.75) is 4.90 Å². The molecule has 2 aromatic rings. The number of aliphatic hydroxyl groups excluding tert-OH is 1. The first-order valence-electron chi connectivity index (χ1n) is 4.86. The van der Waals surface area contributed by atoms with Crippen LogP contribution in [0.25, 0.3) is 11.1 Å². The zero-order valence-corrected chi connectivity index (χ0v) is 9.99. The Morgan fingerprint density at radius 3 is 2.25 bits per heavy atom. The highest BCUT2D eigenvalue weighted by Gasteiger charge is 2.01. The number of anilines is 1. The summed E-state index contributed by atoms with van der Waals surface area (Å²) in [6.07, 6.45) is 0. The van der Waals surface area contributed by atoms with Crippen LogP contribution in [-0.2, 0) is 0 Å². The maximum absolute atomic E-state index is 7.00. The summed E-state index contributed by atoms with van der Waals surface area (Å²) >= 11 is 4.40. The molecule has 0 bridgehead atoms. The summed E-state index contributed by atoms with van der Waals surface area (Å²) in [5, 5.41) is 7.00. The van der Waals surface area contributed by atoms with Crippen LogP contribution in [0.2, 0.25) is 0 Å². The summed E-state index contributed by atoms with van der Waals surface area (Å²) in [6, 6.07) is 15.8. The highest BCUT2D eigenvalue weighted by Crippen LogP contribution is 2.27. The van der Waals surface area contributed by atoms with Gasteiger partial charge in [-0.15, -0.1) is 12.6 Å². The van der Waals surface area contributed by atoms with Gasteiger partial charge in [-0.2, -0.15) is 0 Å². The Balaban J connectivity index is 0.000000606. The first-order valence-corrected chi connectivity index (χ1v) is 5.31. The maximum Gasteiger partial charge on any atom is 0.0321 e. The average molecular weight is 233 g/mol. The van der Waals surface area contributed by atoms with E-state index in [0.717, 1.165) is 28.8 Å². The summed E-state index contributed by atoms with van der Waals surface area (Å²) in [6.45, 7) is 0. The third-order valence-electron chi connectivity index (χ3n) is 2.11. The summed E-state index contributed by atoms with van der Waals surface area (Å²) in [5.41, 5.74) is 8.72. The zero-order valence-electron chi connectivity index (χ0n) is 9.09. The predicted octanol–water partition coefficient (Wildman–Crippen LogP) is 2.83. The number of hydrogen-bond acceptors (Lipinski definition) is 3. The zero-order chi connectivity index (χ0) is 12.0. The van der Waals surface area contributed by atoms with Gasteiger partial charge in [0.2, 0.25) is 0 Å². The largest absolute Gasteiger partial charge is 0.400 e. The van der Waals surface area contributed by atoms with Crippen LogP contribution in [-0.4, -0.2) is 12.2 Å². The Hall–Kier alpha value is -1.45. The van der Waals surface area contributed by atoms with Crippen molar-refractivity contribution in [3.63, 3.8) is 0 Å². The molecule has 2 aromatic carbocycles. The van der Waals surface area contributed by atoms with Crippen molar-refractivity contribution in [3.05, 3.63) is 48.5 Å². The van der Waals surface area contributed by atoms with E-state index in [1.807, 2.05) is 36.4 Å². The Morgan fingerprint density at radius 1 is 1.00 bits per heavy atom. The lowest BCUT2D eigenvalue weighted by Gasteiger charge is -2.05. The van der Waals surface area contributed by atoms with E-state index in [2.05, 4.69) is 24.8 Å². The average Bonchev–Trinajstić information content (AvgIpc) is 2.36. The maximum atomic E-state index is 7.00. The molecular weight excluding hydrogens is 218 g/mol. The lowest BCUT2D eigenvalue weighted by atomic mass is 10.1.